The van der Waals surface area contributed by atoms with E-state index in [0.29, 0.717) is 0 Å². The van der Waals surface area contributed by atoms with Crippen molar-refractivity contribution in [3.8, 4) is 79.7 Å². The molecule has 64 heavy (non-hydrogen) atoms. The van der Waals surface area contributed by atoms with Crippen LogP contribution >= 0.6 is 0 Å². The van der Waals surface area contributed by atoms with Crippen molar-refractivity contribution in [2.75, 3.05) is 14.2 Å². The van der Waals surface area contributed by atoms with E-state index in [1.807, 2.05) is 0 Å². The normalized spacial score (nSPS) is 11.3. The first kappa shape index (κ1) is 47.6. The van der Waals surface area contributed by atoms with Gasteiger partial charge < -0.3 is 39.4 Å². The van der Waals surface area contributed by atoms with Gasteiger partial charge in [-0.2, -0.15) is 4.39 Å². The average Bonchev–Trinajstić information content (AvgIpc) is 3.27. The molecule has 0 saturated heterocycles. The Labute approximate surface area is 345 Å². The van der Waals surface area contributed by atoms with Crippen molar-refractivity contribution in [1.29, 1.82) is 0 Å². The van der Waals surface area contributed by atoms with Crippen molar-refractivity contribution in [1.82, 2.24) is 0 Å². The summed E-state index contributed by atoms with van der Waals surface area (Å²) in [6.45, 7) is 2.19. The Morgan fingerprint density at radius 2 is 0.578 bits per heavy atom. The molecule has 1 heterocycles. The van der Waals surface area contributed by atoms with Crippen LogP contribution in [0.3, 0.4) is 0 Å². The second-order valence-electron chi connectivity index (χ2n) is 12.6. The van der Waals surface area contributed by atoms with Gasteiger partial charge in [-0.3, -0.25) is 0 Å². The monoisotopic (exact) mass is 932 g/mol. The minimum Gasteiger partial charge on any atom is -0.504 e. The van der Waals surface area contributed by atoms with Gasteiger partial charge in [-0.25, -0.2) is 65.9 Å². The minimum absolute atomic E-state index is 0.148. The van der Waals surface area contributed by atoms with Crippen LogP contribution < -0.4 is 18.9 Å². The predicted octanol–water partition coefficient (Wildman–Crippen LogP) is 12.0. The van der Waals surface area contributed by atoms with Gasteiger partial charge in [0.05, 0.1) is 36.5 Å². The molecule has 4 N–H and O–H groups in total. The molecule has 0 radical (unpaired) electrons. The Balaban J connectivity index is 0.000000207. The second kappa shape index (κ2) is 17.8. The summed E-state index contributed by atoms with van der Waals surface area (Å²) < 4.78 is 240. The zero-order valence-electron chi connectivity index (χ0n) is 31.8. The van der Waals surface area contributed by atoms with Gasteiger partial charge in [0.25, 0.3) is 0 Å². The Hall–Kier alpha value is -7.40. The van der Waals surface area contributed by atoms with E-state index in [1.165, 1.54) is 26.4 Å². The summed E-state index contributed by atoms with van der Waals surface area (Å²) >= 11 is 0. The first-order valence-electron chi connectivity index (χ1n) is 16.8. The number of halogens is 16. The maximum Gasteiger partial charge on any atom is 0.211 e. The molecule has 1 aliphatic heterocycles. The number of aromatic hydroxyl groups is 4. The average molecular weight is 933 g/mol. The van der Waals surface area contributed by atoms with Crippen LogP contribution in [-0.4, -0.2) is 34.6 Å². The molecule has 6 aromatic carbocycles. The van der Waals surface area contributed by atoms with Crippen LogP contribution in [0.5, 0.6) is 57.5 Å². The molecule has 0 amide bonds. The van der Waals surface area contributed by atoms with Gasteiger partial charge in [0, 0.05) is 24.3 Å². The molecule has 1 aliphatic rings. The van der Waals surface area contributed by atoms with Crippen molar-refractivity contribution in [2.45, 2.75) is 13.8 Å². The summed E-state index contributed by atoms with van der Waals surface area (Å²) in [5.41, 5.74) is -8.17. The molecular formula is C40H20F16O8. The molecule has 24 heteroatoms. The van der Waals surface area contributed by atoms with Crippen molar-refractivity contribution in [3.05, 3.63) is 128 Å². The molecule has 340 valence electrons. The van der Waals surface area contributed by atoms with E-state index < -0.39 is 161 Å². The van der Waals surface area contributed by atoms with Gasteiger partial charge in [0.2, 0.25) is 29.0 Å². The van der Waals surface area contributed by atoms with E-state index >= 15 is 4.39 Å². The number of benzene rings is 6. The van der Waals surface area contributed by atoms with E-state index in [-0.39, 0.29) is 23.0 Å². The summed E-state index contributed by atoms with van der Waals surface area (Å²) in [4.78, 5) is 0. The fraction of sp³-hybridized carbons (Fsp3) is 0.100. The summed E-state index contributed by atoms with van der Waals surface area (Å²) in [6, 6.07) is 4.17. The maximum atomic E-state index is 15.3. The van der Waals surface area contributed by atoms with E-state index in [4.69, 9.17) is 39.4 Å². The number of ether oxygens (including phenoxy) is 4. The van der Waals surface area contributed by atoms with Crippen LogP contribution in [0.2, 0.25) is 0 Å². The number of rotatable bonds is 4. The van der Waals surface area contributed by atoms with E-state index in [9.17, 15) is 65.9 Å². The van der Waals surface area contributed by atoms with Gasteiger partial charge in [0.1, 0.15) is 5.82 Å². The largest absolute Gasteiger partial charge is 0.504 e. The fourth-order valence-electron chi connectivity index (χ4n) is 5.55. The van der Waals surface area contributed by atoms with Crippen LogP contribution in [0.25, 0.3) is 22.3 Å². The second-order valence-corrected chi connectivity index (χ2v) is 12.6. The van der Waals surface area contributed by atoms with E-state index in [1.54, 1.807) is 0 Å². The summed E-state index contributed by atoms with van der Waals surface area (Å²) in [5.74, 6) is -40.8. The molecule has 0 spiro atoms. The molecule has 0 aliphatic carbocycles. The lowest BCUT2D eigenvalue weighted by atomic mass is 9.96. The van der Waals surface area contributed by atoms with Crippen molar-refractivity contribution in [3.63, 3.8) is 0 Å². The summed E-state index contributed by atoms with van der Waals surface area (Å²) in [5, 5.41) is 34.8. The molecular weight excluding hydrogens is 912 g/mol. The lowest BCUT2D eigenvalue weighted by Gasteiger charge is -2.24. The third kappa shape index (κ3) is 7.94. The highest BCUT2D eigenvalue weighted by molar-refractivity contribution is 5.74. The zero-order chi connectivity index (χ0) is 48.1. The van der Waals surface area contributed by atoms with Crippen LogP contribution in [0.4, 0.5) is 70.2 Å². The standard InChI is InChI=1S/C22H14F6O4.C12F10.C6H6O4/c1-7-8(2)16(24)17(25)13(15(7)23)14-18(26)20(28)22-21(19(14)27)31-11-5-9(29-3)10(30-4)6-12(11)32-22;13-3-1(4(14)8(18)11(21)7(3)17)2-5(15)9(19)12(22)10(20)6(2)16;7-3-1-4(8)6(10)2-5(3)9/h5-6H,1-4H3;;1-2,7-10H. The number of hydrogen-bond donors (Lipinski definition) is 4. The van der Waals surface area contributed by atoms with Crippen molar-refractivity contribution < 1.29 is 110 Å². The van der Waals surface area contributed by atoms with Crippen LogP contribution in [0.15, 0.2) is 24.3 Å². The number of fused-ring (bicyclic) bond motifs is 2. The molecule has 6 aromatic rings. The zero-order valence-corrected chi connectivity index (χ0v) is 31.8. The third-order valence-electron chi connectivity index (χ3n) is 8.95. The number of phenols is 4. The first-order valence-corrected chi connectivity index (χ1v) is 16.8. The summed E-state index contributed by atoms with van der Waals surface area (Å²) in [7, 11) is 2.63. The maximum absolute atomic E-state index is 15.3. The Kier molecular flexibility index (Phi) is 13.2. The number of methoxy groups -OCH3 is 2. The van der Waals surface area contributed by atoms with Crippen LogP contribution in [0.1, 0.15) is 11.1 Å². The Morgan fingerprint density at radius 1 is 0.328 bits per heavy atom. The molecule has 8 nitrogen and oxygen atoms in total. The Morgan fingerprint density at radius 3 is 0.922 bits per heavy atom. The molecule has 0 atom stereocenters. The smallest absolute Gasteiger partial charge is 0.211 e. The molecule has 0 unspecified atom stereocenters. The van der Waals surface area contributed by atoms with E-state index in [2.05, 4.69) is 0 Å². The lowest BCUT2D eigenvalue weighted by molar-refractivity contribution is 0.307. The molecule has 0 bridgehead atoms. The highest BCUT2D eigenvalue weighted by Gasteiger charge is 2.38. The van der Waals surface area contributed by atoms with E-state index in [0.717, 1.165) is 26.0 Å². The SMILES string of the molecule is COc1cc2c(cc1OC)Oc1c(F)c(-c3c(F)c(C)c(C)c(F)c3F)c(F)c(F)c1O2.Fc1c(F)c(F)c(-c2c(F)c(F)c(F)c(F)c2F)c(F)c1F.Oc1cc(O)c(O)cc1O. The van der Waals surface area contributed by atoms with Crippen molar-refractivity contribution >= 4 is 0 Å². The first-order chi connectivity index (χ1) is 29.8. The minimum atomic E-state index is -2.68. The van der Waals surface area contributed by atoms with Gasteiger partial charge >= 0.3 is 0 Å². The molecule has 0 aromatic heterocycles. The quantitative estimate of drug-likeness (QED) is 0.0453. The van der Waals surface area contributed by atoms with Gasteiger partial charge in [0.15, 0.2) is 116 Å². The number of phenolic OH excluding ortho intramolecular Hbond substituents is 4. The summed E-state index contributed by atoms with van der Waals surface area (Å²) in [6.07, 6.45) is 0. The highest BCUT2D eigenvalue weighted by Crippen LogP contribution is 2.54. The Bertz CT molecular complexity index is 2700. The van der Waals surface area contributed by atoms with Gasteiger partial charge in [-0.05, 0) is 25.0 Å². The van der Waals surface area contributed by atoms with Gasteiger partial charge in [-0.15, -0.1) is 0 Å². The van der Waals surface area contributed by atoms with Crippen molar-refractivity contribution in [2.24, 2.45) is 0 Å². The molecule has 0 fully saturated rings. The number of hydrogen-bond acceptors (Lipinski definition) is 8. The molecule has 7 rings (SSSR count). The van der Waals surface area contributed by atoms with Crippen LogP contribution in [-0.2, 0) is 0 Å². The van der Waals surface area contributed by atoms with Gasteiger partial charge in [-0.1, -0.05) is 0 Å². The topological polar surface area (TPSA) is 118 Å². The van der Waals surface area contributed by atoms with Crippen LogP contribution in [0, 0.1) is 107 Å². The lowest BCUT2D eigenvalue weighted by Crippen LogP contribution is -2.10. The predicted molar refractivity (Wildman–Crippen MR) is 185 cm³/mol. The third-order valence-corrected chi connectivity index (χ3v) is 8.95. The highest BCUT2D eigenvalue weighted by atomic mass is 19.2. The fourth-order valence-corrected chi connectivity index (χ4v) is 5.55. The molecule has 0 saturated carbocycles.